The highest BCUT2D eigenvalue weighted by Gasteiger charge is 2.20. The molecule has 0 radical (unpaired) electrons. The van der Waals surface area contributed by atoms with E-state index >= 15 is 0 Å². The van der Waals surface area contributed by atoms with E-state index in [-0.39, 0.29) is 5.75 Å². The molecule has 0 bridgehead atoms. The average Bonchev–Trinajstić information content (AvgIpc) is 2.55. The van der Waals surface area contributed by atoms with Gasteiger partial charge in [0.25, 0.3) is 0 Å². The predicted molar refractivity (Wildman–Crippen MR) is 82.7 cm³/mol. The van der Waals surface area contributed by atoms with Crippen LogP contribution in [0, 0.1) is 0 Å². The van der Waals surface area contributed by atoms with Crippen LogP contribution in [0.2, 0.25) is 0 Å². The van der Waals surface area contributed by atoms with Gasteiger partial charge in [0.05, 0.1) is 14.2 Å². The number of para-hydroxylation sites is 2. The van der Waals surface area contributed by atoms with E-state index in [1.165, 1.54) is 13.2 Å². The number of aliphatic hydroxyl groups is 1. The van der Waals surface area contributed by atoms with Crippen LogP contribution in [0.25, 0.3) is 0 Å². The van der Waals surface area contributed by atoms with Gasteiger partial charge in [-0.25, -0.2) is 0 Å². The van der Waals surface area contributed by atoms with Crippen LogP contribution in [0.1, 0.15) is 18.6 Å². The summed E-state index contributed by atoms with van der Waals surface area (Å²) in [5, 5.41) is 20.0. The summed E-state index contributed by atoms with van der Waals surface area (Å²) in [6.07, 6.45) is -1.38. The predicted octanol–water partition coefficient (Wildman–Crippen LogP) is 2.91. The zero-order valence-corrected chi connectivity index (χ0v) is 12.8. The molecule has 0 fully saturated rings. The molecule has 2 rings (SSSR count). The van der Waals surface area contributed by atoms with Gasteiger partial charge in [-0.1, -0.05) is 18.2 Å². The van der Waals surface area contributed by atoms with Gasteiger partial charge in [0.15, 0.2) is 23.0 Å². The molecule has 2 atom stereocenters. The Morgan fingerprint density at radius 3 is 2.18 bits per heavy atom. The first kappa shape index (κ1) is 16.0. The number of ether oxygens (including phenoxy) is 3. The Bertz CT molecular complexity index is 626. The van der Waals surface area contributed by atoms with Gasteiger partial charge in [-0.3, -0.25) is 0 Å². The second-order valence-corrected chi connectivity index (χ2v) is 4.85. The van der Waals surface area contributed by atoms with Crippen LogP contribution in [-0.4, -0.2) is 30.5 Å². The fourth-order valence-electron chi connectivity index (χ4n) is 2.13. The monoisotopic (exact) mass is 304 g/mol. The topological polar surface area (TPSA) is 68.2 Å². The number of methoxy groups -OCH3 is 2. The fourth-order valence-corrected chi connectivity index (χ4v) is 2.13. The first-order valence-electron chi connectivity index (χ1n) is 6.91. The van der Waals surface area contributed by atoms with Gasteiger partial charge in [-0.15, -0.1) is 0 Å². The van der Waals surface area contributed by atoms with E-state index in [1.54, 1.807) is 38.3 Å². The Labute approximate surface area is 129 Å². The molecule has 118 valence electrons. The molecule has 0 spiro atoms. The minimum Gasteiger partial charge on any atom is -0.504 e. The first-order valence-corrected chi connectivity index (χ1v) is 6.91. The third-order valence-corrected chi connectivity index (χ3v) is 3.37. The standard InChI is InChI=1S/C17H20O5/c1-11(22-15-7-5-4-6-14(15)20-2)17(19)12-8-9-13(18)16(10-12)21-3/h4-11,17-19H,1-3H3/t11-,17+/m1/s1. The zero-order valence-electron chi connectivity index (χ0n) is 12.8. The summed E-state index contributed by atoms with van der Waals surface area (Å²) in [5.74, 6) is 1.49. The van der Waals surface area contributed by atoms with E-state index in [0.29, 0.717) is 22.8 Å². The maximum absolute atomic E-state index is 10.4. The van der Waals surface area contributed by atoms with Gasteiger partial charge < -0.3 is 24.4 Å². The van der Waals surface area contributed by atoms with Crippen molar-refractivity contribution in [3.8, 4) is 23.0 Å². The lowest BCUT2D eigenvalue weighted by molar-refractivity contribution is 0.0450. The normalized spacial score (nSPS) is 13.3. The maximum Gasteiger partial charge on any atom is 0.161 e. The lowest BCUT2D eigenvalue weighted by Crippen LogP contribution is -2.22. The molecule has 5 nitrogen and oxygen atoms in total. The lowest BCUT2D eigenvalue weighted by Gasteiger charge is -2.22. The fraction of sp³-hybridized carbons (Fsp3) is 0.294. The van der Waals surface area contributed by atoms with Gasteiger partial charge in [0, 0.05) is 0 Å². The van der Waals surface area contributed by atoms with E-state index in [0.717, 1.165) is 0 Å². The number of aliphatic hydroxyl groups excluding tert-OH is 1. The summed E-state index contributed by atoms with van der Waals surface area (Å²) in [6, 6.07) is 11.9. The zero-order chi connectivity index (χ0) is 16.1. The van der Waals surface area contributed by atoms with Crippen molar-refractivity contribution in [1.82, 2.24) is 0 Å². The van der Waals surface area contributed by atoms with Crippen molar-refractivity contribution in [3.63, 3.8) is 0 Å². The summed E-state index contributed by atoms with van der Waals surface area (Å²) >= 11 is 0. The van der Waals surface area contributed by atoms with E-state index < -0.39 is 12.2 Å². The van der Waals surface area contributed by atoms with Crippen molar-refractivity contribution in [2.45, 2.75) is 19.1 Å². The lowest BCUT2D eigenvalue weighted by atomic mass is 10.0. The van der Waals surface area contributed by atoms with Crippen molar-refractivity contribution in [3.05, 3.63) is 48.0 Å². The molecular weight excluding hydrogens is 284 g/mol. The quantitative estimate of drug-likeness (QED) is 0.859. The Balaban J connectivity index is 2.16. The molecule has 0 saturated carbocycles. The Morgan fingerprint density at radius 2 is 1.55 bits per heavy atom. The molecule has 0 aliphatic carbocycles. The maximum atomic E-state index is 10.4. The highest BCUT2D eigenvalue weighted by atomic mass is 16.5. The van der Waals surface area contributed by atoms with Crippen LogP contribution in [0.3, 0.4) is 0 Å². The minimum absolute atomic E-state index is 0.0248. The van der Waals surface area contributed by atoms with Crippen molar-refractivity contribution in [1.29, 1.82) is 0 Å². The molecule has 0 heterocycles. The van der Waals surface area contributed by atoms with Gasteiger partial charge in [-0.2, -0.15) is 0 Å². The number of phenols is 1. The number of benzene rings is 2. The van der Waals surface area contributed by atoms with Crippen LogP contribution in [0.15, 0.2) is 42.5 Å². The van der Waals surface area contributed by atoms with Crippen LogP contribution < -0.4 is 14.2 Å². The van der Waals surface area contributed by atoms with Crippen LogP contribution in [-0.2, 0) is 0 Å². The summed E-state index contributed by atoms with van der Waals surface area (Å²) in [7, 11) is 3.02. The Hall–Kier alpha value is -2.40. The van der Waals surface area contributed by atoms with Gasteiger partial charge >= 0.3 is 0 Å². The van der Waals surface area contributed by atoms with Gasteiger partial charge in [0.2, 0.25) is 0 Å². The molecular formula is C17H20O5. The smallest absolute Gasteiger partial charge is 0.161 e. The SMILES string of the molecule is COc1cc([C@@H](O)[C@@H](C)Oc2ccccc2OC)ccc1O. The van der Waals surface area contributed by atoms with E-state index in [9.17, 15) is 10.2 Å². The molecule has 22 heavy (non-hydrogen) atoms. The van der Waals surface area contributed by atoms with Crippen LogP contribution in [0.4, 0.5) is 0 Å². The first-order chi connectivity index (χ1) is 10.6. The molecule has 2 N–H and O–H groups in total. The summed E-state index contributed by atoms with van der Waals surface area (Å²) in [6.45, 7) is 1.76. The van der Waals surface area contributed by atoms with Crippen LogP contribution >= 0.6 is 0 Å². The molecule has 0 amide bonds. The highest BCUT2D eigenvalue weighted by Crippen LogP contribution is 2.33. The molecule has 0 unspecified atom stereocenters. The van der Waals surface area contributed by atoms with E-state index in [2.05, 4.69) is 0 Å². The molecule has 0 saturated heterocycles. The van der Waals surface area contributed by atoms with Gasteiger partial charge in [0.1, 0.15) is 12.2 Å². The summed E-state index contributed by atoms with van der Waals surface area (Å²) in [5.41, 5.74) is 0.594. The summed E-state index contributed by atoms with van der Waals surface area (Å²) in [4.78, 5) is 0. The number of rotatable bonds is 6. The van der Waals surface area contributed by atoms with Crippen molar-refractivity contribution < 1.29 is 24.4 Å². The van der Waals surface area contributed by atoms with Gasteiger partial charge in [-0.05, 0) is 36.8 Å². The number of phenolic OH excluding ortho intramolecular Hbond substituents is 1. The van der Waals surface area contributed by atoms with Crippen molar-refractivity contribution in [2.75, 3.05) is 14.2 Å². The third kappa shape index (κ3) is 3.43. The highest BCUT2D eigenvalue weighted by molar-refractivity contribution is 5.43. The molecule has 0 aliphatic heterocycles. The second kappa shape index (κ2) is 7.04. The molecule has 2 aromatic carbocycles. The molecule has 5 heteroatoms. The second-order valence-electron chi connectivity index (χ2n) is 4.85. The van der Waals surface area contributed by atoms with E-state index in [1.807, 2.05) is 12.1 Å². The summed E-state index contributed by atoms with van der Waals surface area (Å²) < 4.78 is 16.1. The molecule has 2 aromatic rings. The van der Waals surface area contributed by atoms with Crippen molar-refractivity contribution in [2.24, 2.45) is 0 Å². The largest absolute Gasteiger partial charge is 0.504 e. The molecule has 0 aliphatic rings. The minimum atomic E-state index is -0.876. The number of hydrogen-bond donors (Lipinski definition) is 2. The number of aromatic hydroxyl groups is 1. The van der Waals surface area contributed by atoms with E-state index in [4.69, 9.17) is 14.2 Å². The van der Waals surface area contributed by atoms with Crippen molar-refractivity contribution >= 4 is 0 Å². The average molecular weight is 304 g/mol. The number of hydrogen-bond acceptors (Lipinski definition) is 5. The Kier molecular flexibility index (Phi) is 5.12. The van der Waals surface area contributed by atoms with Crippen LogP contribution in [0.5, 0.6) is 23.0 Å². The third-order valence-electron chi connectivity index (χ3n) is 3.37. The Morgan fingerprint density at radius 1 is 0.909 bits per heavy atom. The molecule has 0 aromatic heterocycles.